The second kappa shape index (κ2) is 9.79. The van der Waals surface area contributed by atoms with E-state index in [4.69, 9.17) is 9.47 Å². The summed E-state index contributed by atoms with van der Waals surface area (Å²) in [7, 11) is 3.08. The molecule has 3 rings (SSSR count). The average Bonchev–Trinajstić information content (AvgIpc) is 3.17. The molecule has 3 aromatic rings. The van der Waals surface area contributed by atoms with E-state index < -0.39 is 6.10 Å². The van der Waals surface area contributed by atoms with Gasteiger partial charge in [0.15, 0.2) is 0 Å². The summed E-state index contributed by atoms with van der Waals surface area (Å²) in [4.78, 5) is 16.4. The zero-order valence-electron chi connectivity index (χ0n) is 16.6. The third kappa shape index (κ3) is 5.17. The highest BCUT2D eigenvalue weighted by molar-refractivity contribution is 5.75. The fourth-order valence-electron chi connectivity index (χ4n) is 3.10. The van der Waals surface area contributed by atoms with Crippen LogP contribution >= 0.6 is 0 Å². The molecule has 1 heterocycles. The summed E-state index contributed by atoms with van der Waals surface area (Å²) in [6, 6.07) is 12.8. The van der Waals surface area contributed by atoms with E-state index in [2.05, 4.69) is 20.2 Å². The number of hydrogen-bond acceptors (Lipinski definition) is 5. The quantitative estimate of drug-likeness (QED) is 0.481. The van der Waals surface area contributed by atoms with Gasteiger partial charge in [-0.15, -0.1) is 0 Å². The molecule has 8 heteroatoms. The Hall–Kier alpha value is -3.26. The van der Waals surface area contributed by atoms with Crippen molar-refractivity contribution in [2.45, 2.75) is 19.1 Å². The van der Waals surface area contributed by atoms with Crippen molar-refractivity contribution in [3.63, 3.8) is 0 Å². The van der Waals surface area contributed by atoms with E-state index in [0.717, 1.165) is 24.0 Å². The topological polar surface area (TPSA) is 97.6 Å². The molecule has 154 valence electrons. The number of aryl methyl sites for hydroxylation is 1. The Morgan fingerprint density at radius 3 is 2.79 bits per heavy atom. The van der Waals surface area contributed by atoms with Gasteiger partial charge in [-0.3, -0.25) is 0 Å². The van der Waals surface area contributed by atoms with Crippen LogP contribution < -0.4 is 20.1 Å². The smallest absolute Gasteiger partial charge is 0.314 e. The van der Waals surface area contributed by atoms with Gasteiger partial charge in [0, 0.05) is 25.2 Å². The first-order chi connectivity index (χ1) is 14.1. The van der Waals surface area contributed by atoms with Crippen LogP contribution in [0.5, 0.6) is 11.5 Å². The number of ether oxygens (including phenoxy) is 2. The number of nitrogens with one attached hydrogen (secondary N) is 2. The number of nitrogens with zero attached hydrogens (tertiary/aromatic N) is 2. The van der Waals surface area contributed by atoms with Crippen LogP contribution in [-0.2, 0) is 6.54 Å². The number of aliphatic hydroxyl groups excluding tert-OH is 1. The number of aromatic nitrogens is 2. The van der Waals surface area contributed by atoms with Gasteiger partial charge in [0.05, 0.1) is 31.6 Å². The molecule has 0 aliphatic heterocycles. The van der Waals surface area contributed by atoms with Crippen LogP contribution in [0.4, 0.5) is 4.79 Å². The molecule has 0 fully saturated rings. The number of urea groups is 1. The number of carbonyl (C=O) groups excluding carboxylic acids is 1. The maximum atomic E-state index is 12.0. The highest BCUT2D eigenvalue weighted by Crippen LogP contribution is 2.29. The van der Waals surface area contributed by atoms with E-state index in [0.29, 0.717) is 23.6 Å². The first-order valence-corrected chi connectivity index (χ1v) is 9.44. The molecule has 0 aliphatic rings. The molecule has 0 saturated carbocycles. The van der Waals surface area contributed by atoms with Gasteiger partial charge in [-0.25, -0.2) is 9.78 Å². The molecule has 3 N–H and O–H groups in total. The highest BCUT2D eigenvalue weighted by Gasteiger charge is 2.15. The van der Waals surface area contributed by atoms with Crippen LogP contribution in [0.1, 0.15) is 18.1 Å². The minimum atomic E-state index is -0.914. The summed E-state index contributed by atoms with van der Waals surface area (Å²) < 4.78 is 12.5. The van der Waals surface area contributed by atoms with Crippen LogP contribution in [0.2, 0.25) is 0 Å². The average molecular weight is 398 g/mol. The molecule has 29 heavy (non-hydrogen) atoms. The van der Waals surface area contributed by atoms with E-state index in [1.165, 1.54) is 7.11 Å². The maximum Gasteiger partial charge on any atom is 0.314 e. The van der Waals surface area contributed by atoms with E-state index in [1.807, 2.05) is 30.6 Å². The first kappa shape index (κ1) is 20.5. The van der Waals surface area contributed by atoms with Gasteiger partial charge >= 0.3 is 6.03 Å². The molecule has 0 spiro atoms. The fraction of sp³-hybridized carbons (Fsp3) is 0.333. The van der Waals surface area contributed by atoms with Gasteiger partial charge in [-0.05, 0) is 36.8 Å². The number of benzene rings is 2. The molecule has 0 saturated heterocycles. The lowest BCUT2D eigenvalue weighted by Crippen LogP contribution is -2.38. The molecule has 0 unspecified atom stereocenters. The van der Waals surface area contributed by atoms with Gasteiger partial charge in [0.2, 0.25) is 0 Å². The van der Waals surface area contributed by atoms with Crippen LogP contribution in [0.3, 0.4) is 0 Å². The number of fused-ring (bicyclic) bond motifs is 1. The lowest BCUT2D eigenvalue weighted by Gasteiger charge is -2.17. The number of hydrogen-bond donors (Lipinski definition) is 3. The molecule has 2 aromatic carbocycles. The Balaban J connectivity index is 1.43. The van der Waals surface area contributed by atoms with E-state index >= 15 is 0 Å². The fourth-order valence-corrected chi connectivity index (χ4v) is 3.10. The number of para-hydroxylation sites is 2. The lowest BCUT2D eigenvalue weighted by atomic mass is 10.1. The SMILES string of the molecule is COc1ccc(OC)c([C@H](O)CNC(=O)NCCCn2cnc3ccccc32)c1. The Kier molecular flexibility index (Phi) is 6.91. The van der Waals surface area contributed by atoms with Gasteiger partial charge < -0.3 is 29.8 Å². The monoisotopic (exact) mass is 398 g/mol. The molecule has 8 nitrogen and oxygen atoms in total. The van der Waals surface area contributed by atoms with Crippen LogP contribution in [-0.4, -0.2) is 48.0 Å². The Labute approximate surface area is 169 Å². The second-order valence-corrected chi connectivity index (χ2v) is 6.54. The zero-order valence-corrected chi connectivity index (χ0v) is 16.6. The predicted molar refractivity (Wildman–Crippen MR) is 110 cm³/mol. The third-order valence-electron chi connectivity index (χ3n) is 4.64. The number of amides is 2. The maximum absolute atomic E-state index is 12.0. The van der Waals surface area contributed by atoms with Crippen molar-refractivity contribution in [1.82, 2.24) is 20.2 Å². The summed E-state index contributed by atoms with van der Waals surface area (Å²) in [6.45, 7) is 1.32. The molecular weight excluding hydrogens is 372 g/mol. The zero-order chi connectivity index (χ0) is 20.6. The standard InChI is InChI=1S/C21H26N4O4/c1-28-15-8-9-20(29-2)16(12-15)19(26)13-23-21(27)22-10-5-11-25-14-24-17-6-3-4-7-18(17)25/h3-4,6-9,12,14,19,26H,5,10-11,13H2,1-2H3,(H2,22,23,27)/t19-/m1/s1. The molecule has 0 bridgehead atoms. The summed E-state index contributed by atoms with van der Waals surface area (Å²) >= 11 is 0. The first-order valence-electron chi connectivity index (χ1n) is 9.44. The van der Waals surface area contributed by atoms with Gasteiger partial charge in [-0.2, -0.15) is 0 Å². The number of rotatable bonds is 9. The van der Waals surface area contributed by atoms with Crippen molar-refractivity contribution < 1.29 is 19.4 Å². The van der Waals surface area contributed by atoms with Crippen molar-refractivity contribution >= 4 is 17.1 Å². The van der Waals surface area contributed by atoms with Gasteiger partial charge in [0.25, 0.3) is 0 Å². The minimum absolute atomic E-state index is 0.0571. The summed E-state index contributed by atoms with van der Waals surface area (Å²) in [5.74, 6) is 1.14. The minimum Gasteiger partial charge on any atom is -0.497 e. The number of methoxy groups -OCH3 is 2. The predicted octanol–water partition coefficient (Wildman–Crippen LogP) is 2.48. The molecule has 1 atom stereocenters. The molecule has 0 radical (unpaired) electrons. The van der Waals surface area contributed by atoms with Crippen molar-refractivity contribution in [2.75, 3.05) is 27.3 Å². The molecule has 0 aliphatic carbocycles. The Morgan fingerprint density at radius 2 is 2.00 bits per heavy atom. The Bertz CT molecular complexity index is 957. The van der Waals surface area contributed by atoms with Crippen LogP contribution in [0.15, 0.2) is 48.8 Å². The Morgan fingerprint density at radius 1 is 1.17 bits per heavy atom. The molecular formula is C21H26N4O4. The number of aliphatic hydroxyl groups is 1. The van der Waals surface area contributed by atoms with E-state index in [-0.39, 0.29) is 12.6 Å². The van der Waals surface area contributed by atoms with Crippen LogP contribution in [0, 0.1) is 0 Å². The van der Waals surface area contributed by atoms with Crippen molar-refractivity contribution in [2.24, 2.45) is 0 Å². The molecule has 2 amide bonds. The van der Waals surface area contributed by atoms with Crippen LogP contribution in [0.25, 0.3) is 11.0 Å². The summed E-state index contributed by atoms with van der Waals surface area (Å²) in [6.07, 6.45) is 1.66. The van der Waals surface area contributed by atoms with Gasteiger partial charge in [-0.1, -0.05) is 12.1 Å². The second-order valence-electron chi connectivity index (χ2n) is 6.54. The van der Waals surface area contributed by atoms with Crippen molar-refractivity contribution in [1.29, 1.82) is 0 Å². The van der Waals surface area contributed by atoms with Gasteiger partial charge in [0.1, 0.15) is 17.6 Å². The normalized spacial score (nSPS) is 11.8. The van der Waals surface area contributed by atoms with E-state index in [9.17, 15) is 9.90 Å². The summed E-state index contributed by atoms with van der Waals surface area (Å²) in [5, 5.41) is 15.9. The number of carbonyl (C=O) groups is 1. The third-order valence-corrected chi connectivity index (χ3v) is 4.64. The summed E-state index contributed by atoms with van der Waals surface area (Å²) in [5.41, 5.74) is 2.59. The van der Waals surface area contributed by atoms with Crippen molar-refractivity contribution in [3.05, 3.63) is 54.4 Å². The largest absolute Gasteiger partial charge is 0.497 e. The lowest BCUT2D eigenvalue weighted by molar-refractivity contribution is 0.169. The van der Waals surface area contributed by atoms with E-state index in [1.54, 1.807) is 25.3 Å². The highest BCUT2D eigenvalue weighted by atomic mass is 16.5. The van der Waals surface area contributed by atoms with Crippen molar-refractivity contribution in [3.8, 4) is 11.5 Å². The molecule has 1 aromatic heterocycles. The number of imidazole rings is 1.